The number of carboxylic acids is 1. The highest BCUT2D eigenvalue weighted by Crippen LogP contribution is 2.68. The van der Waals surface area contributed by atoms with Crippen molar-refractivity contribution >= 4 is 11.8 Å². The molecule has 0 radical (unpaired) electrons. The summed E-state index contributed by atoms with van der Waals surface area (Å²) in [6.45, 7) is 15.9. The molecule has 4 fully saturated rings. The van der Waals surface area contributed by atoms with Gasteiger partial charge in [0.1, 0.15) is 5.78 Å². The van der Waals surface area contributed by atoms with Crippen LogP contribution in [0.5, 0.6) is 0 Å². The van der Waals surface area contributed by atoms with Gasteiger partial charge < -0.3 is 9.84 Å². The van der Waals surface area contributed by atoms with Gasteiger partial charge in [0, 0.05) is 18.3 Å². The summed E-state index contributed by atoms with van der Waals surface area (Å²) in [5.74, 6) is 2.66. The monoisotopic (exact) mass is 474 g/mol. The molecule has 10 atom stereocenters. The van der Waals surface area contributed by atoms with E-state index in [1.165, 1.54) is 19.3 Å². The summed E-state index contributed by atoms with van der Waals surface area (Å²) in [6.07, 6.45) is 10.3. The van der Waals surface area contributed by atoms with Crippen molar-refractivity contribution in [1.29, 1.82) is 0 Å². The van der Waals surface area contributed by atoms with E-state index < -0.39 is 5.97 Å². The highest BCUT2D eigenvalue weighted by Gasteiger charge is 2.65. The summed E-state index contributed by atoms with van der Waals surface area (Å²) < 4.78 is 6.45. The number of fused-ring (bicyclic) bond motifs is 5. The number of aliphatic carboxylic acids is 1. The molecule has 4 rings (SSSR count). The molecule has 4 aliphatic carbocycles. The molecule has 4 heteroatoms. The van der Waals surface area contributed by atoms with Crippen LogP contribution in [0.25, 0.3) is 0 Å². The van der Waals surface area contributed by atoms with Crippen LogP contribution in [-0.2, 0) is 14.3 Å². The normalized spacial score (nSPS) is 45.3. The Morgan fingerprint density at radius 2 is 1.71 bits per heavy atom. The van der Waals surface area contributed by atoms with Gasteiger partial charge in [-0.1, -0.05) is 27.7 Å². The molecule has 0 heterocycles. The molecule has 4 saturated carbocycles. The van der Waals surface area contributed by atoms with E-state index in [1.54, 1.807) is 0 Å². The third kappa shape index (κ3) is 4.39. The predicted octanol–water partition coefficient (Wildman–Crippen LogP) is 7.15. The van der Waals surface area contributed by atoms with Crippen LogP contribution < -0.4 is 0 Å². The molecule has 0 aliphatic heterocycles. The van der Waals surface area contributed by atoms with Gasteiger partial charge >= 0.3 is 5.97 Å². The number of hydrogen-bond acceptors (Lipinski definition) is 3. The molecule has 0 aromatic carbocycles. The Hall–Kier alpha value is -0.900. The first-order chi connectivity index (χ1) is 15.8. The van der Waals surface area contributed by atoms with Crippen LogP contribution >= 0.6 is 0 Å². The van der Waals surface area contributed by atoms with Gasteiger partial charge in [-0.05, 0) is 119 Å². The van der Waals surface area contributed by atoms with Crippen LogP contribution in [0.15, 0.2) is 0 Å². The molecule has 4 nitrogen and oxygen atoms in total. The van der Waals surface area contributed by atoms with Gasteiger partial charge in [-0.2, -0.15) is 0 Å². The average molecular weight is 475 g/mol. The Balaban J connectivity index is 1.59. The number of carbonyl (C=O) groups is 2. The minimum atomic E-state index is -0.687. The van der Waals surface area contributed by atoms with Crippen LogP contribution in [-0.4, -0.2) is 28.6 Å². The summed E-state index contributed by atoms with van der Waals surface area (Å²) in [6, 6.07) is 0. The maximum Gasteiger partial charge on any atom is 0.303 e. The fourth-order valence-corrected chi connectivity index (χ4v) is 9.75. The molecule has 0 amide bonds. The zero-order valence-corrected chi connectivity index (χ0v) is 22.9. The second-order valence-electron chi connectivity index (χ2n) is 14.0. The summed E-state index contributed by atoms with van der Waals surface area (Å²) in [5.41, 5.74) is 0.290. The maximum absolute atomic E-state index is 14.2. The summed E-state index contributed by atoms with van der Waals surface area (Å²) >= 11 is 0. The summed E-state index contributed by atoms with van der Waals surface area (Å²) in [4.78, 5) is 25.4. The molecule has 0 spiro atoms. The lowest BCUT2D eigenvalue weighted by molar-refractivity contribution is -0.182. The second kappa shape index (κ2) is 9.20. The molecule has 1 N–H and O–H groups in total. The van der Waals surface area contributed by atoms with E-state index in [0.29, 0.717) is 35.4 Å². The van der Waals surface area contributed by atoms with Crippen molar-refractivity contribution in [3.63, 3.8) is 0 Å². The lowest BCUT2D eigenvalue weighted by Gasteiger charge is -2.62. The standard InChI is InChI=1S/C30H50O4/c1-8-20-24-17-19(34-28(3,4)5)13-15-30(24,7)23-14-16-29(6)21(18(2)9-12-25(31)32)10-11-22(29)26(23)27(20)33/h18-24,26H,8-17H2,1-7H3,(H,31,32)/t18-,19-,20-,21-,22+,23+,24+,26+,29-,30-/m1/s1. The van der Waals surface area contributed by atoms with Gasteiger partial charge in [0.2, 0.25) is 0 Å². The minimum absolute atomic E-state index is 0.135. The van der Waals surface area contributed by atoms with Crippen molar-refractivity contribution in [3.8, 4) is 0 Å². The van der Waals surface area contributed by atoms with Crippen molar-refractivity contribution in [2.24, 2.45) is 52.3 Å². The molecule has 0 saturated heterocycles. The zero-order chi connectivity index (χ0) is 25.1. The van der Waals surface area contributed by atoms with E-state index in [2.05, 4.69) is 48.5 Å². The van der Waals surface area contributed by atoms with Gasteiger partial charge in [0.15, 0.2) is 0 Å². The summed E-state index contributed by atoms with van der Waals surface area (Å²) in [7, 11) is 0. The molecule has 4 aliphatic rings. The van der Waals surface area contributed by atoms with Crippen LogP contribution in [0.4, 0.5) is 0 Å². The lowest BCUT2D eigenvalue weighted by Crippen LogP contribution is -2.61. The first-order valence-electron chi connectivity index (χ1n) is 14.2. The number of hydrogen-bond donors (Lipinski definition) is 1. The predicted molar refractivity (Wildman–Crippen MR) is 135 cm³/mol. The number of carbonyl (C=O) groups excluding carboxylic acids is 1. The van der Waals surface area contributed by atoms with E-state index in [9.17, 15) is 14.7 Å². The first-order valence-corrected chi connectivity index (χ1v) is 14.2. The Kier molecular flexibility index (Phi) is 7.08. The largest absolute Gasteiger partial charge is 0.481 e. The molecular formula is C30H50O4. The van der Waals surface area contributed by atoms with Crippen LogP contribution in [0.2, 0.25) is 0 Å². The minimum Gasteiger partial charge on any atom is -0.481 e. The highest BCUT2D eigenvalue weighted by atomic mass is 16.5. The van der Waals surface area contributed by atoms with Crippen molar-refractivity contribution in [2.75, 3.05) is 0 Å². The molecule has 0 unspecified atom stereocenters. The van der Waals surface area contributed by atoms with E-state index in [-0.39, 0.29) is 40.8 Å². The molecule has 194 valence electrons. The smallest absolute Gasteiger partial charge is 0.303 e. The third-order valence-corrected chi connectivity index (χ3v) is 11.2. The van der Waals surface area contributed by atoms with Crippen LogP contribution in [0.3, 0.4) is 0 Å². The molecule has 34 heavy (non-hydrogen) atoms. The Labute approximate surface area is 208 Å². The average Bonchev–Trinajstić information content (AvgIpc) is 3.09. The zero-order valence-electron chi connectivity index (χ0n) is 22.9. The number of ether oxygens (including phenoxy) is 1. The molecule has 0 bridgehead atoms. The van der Waals surface area contributed by atoms with Gasteiger partial charge in [0.25, 0.3) is 0 Å². The number of rotatable bonds is 6. The Morgan fingerprint density at radius 1 is 1.06 bits per heavy atom. The Bertz CT molecular complexity index is 783. The fourth-order valence-electron chi connectivity index (χ4n) is 9.75. The first kappa shape index (κ1) is 26.2. The number of ketones is 1. The molecule has 0 aromatic heterocycles. The fraction of sp³-hybridized carbons (Fsp3) is 0.933. The molecule has 0 aromatic rings. The number of Topliss-reactive ketones (excluding diaryl/α,β-unsaturated/α-hetero) is 1. The Morgan fingerprint density at radius 3 is 2.32 bits per heavy atom. The van der Waals surface area contributed by atoms with Crippen molar-refractivity contribution in [1.82, 2.24) is 0 Å². The van der Waals surface area contributed by atoms with Gasteiger partial charge in [-0.3, -0.25) is 9.59 Å². The van der Waals surface area contributed by atoms with E-state index in [0.717, 1.165) is 38.5 Å². The van der Waals surface area contributed by atoms with E-state index in [1.807, 2.05) is 0 Å². The van der Waals surface area contributed by atoms with Gasteiger partial charge in [0.05, 0.1) is 11.7 Å². The third-order valence-electron chi connectivity index (χ3n) is 11.2. The van der Waals surface area contributed by atoms with Crippen molar-refractivity contribution < 1.29 is 19.4 Å². The van der Waals surface area contributed by atoms with Crippen LogP contribution in [0.1, 0.15) is 113 Å². The lowest BCUT2D eigenvalue weighted by atomic mass is 9.42. The second-order valence-corrected chi connectivity index (χ2v) is 14.0. The van der Waals surface area contributed by atoms with E-state index in [4.69, 9.17) is 4.74 Å². The highest BCUT2D eigenvalue weighted by molar-refractivity contribution is 5.86. The van der Waals surface area contributed by atoms with Gasteiger partial charge in [-0.25, -0.2) is 0 Å². The summed E-state index contributed by atoms with van der Waals surface area (Å²) in [5, 5.41) is 9.21. The van der Waals surface area contributed by atoms with Crippen molar-refractivity contribution in [3.05, 3.63) is 0 Å². The molecular weight excluding hydrogens is 424 g/mol. The number of carboxylic acid groups (broad SMARTS) is 1. The van der Waals surface area contributed by atoms with E-state index >= 15 is 0 Å². The SMILES string of the molecule is CC[C@H]1C(=O)[C@@H]2[C@H](CC[C@]3(C)[C@@H]([C@H](C)CCC(=O)O)CC[C@@H]23)[C@@]2(C)CC[C@@H](OC(C)(C)C)C[C@@H]12. The maximum atomic E-state index is 14.2. The van der Waals surface area contributed by atoms with Gasteiger partial charge in [-0.15, -0.1) is 0 Å². The van der Waals surface area contributed by atoms with Crippen molar-refractivity contribution in [2.45, 2.75) is 124 Å². The quantitative estimate of drug-likeness (QED) is 0.444. The topological polar surface area (TPSA) is 63.6 Å². The van der Waals surface area contributed by atoms with Crippen LogP contribution in [0, 0.1) is 52.3 Å².